The Balaban J connectivity index is 2.76. The molecule has 3 atom stereocenters. The Bertz CT molecular complexity index is 409. The van der Waals surface area contributed by atoms with E-state index in [1.807, 2.05) is 0 Å². The van der Waals surface area contributed by atoms with Crippen LogP contribution < -0.4 is 5.32 Å². The van der Waals surface area contributed by atoms with Gasteiger partial charge >= 0.3 is 0 Å². The van der Waals surface area contributed by atoms with Gasteiger partial charge in [-0.2, -0.15) is 0 Å². The molecular formula is C13H19NO5. The maximum atomic E-state index is 11.4. The van der Waals surface area contributed by atoms with Crippen molar-refractivity contribution in [3.05, 3.63) is 23.5 Å². The minimum atomic E-state index is -1.06. The fourth-order valence-corrected chi connectivity index (χ4v) is 1.84. The molecule has 1 aliphatic heterocycles. The third-order valence-corrected chi connectivity index (χ3v) is 3.14. The number of Topliss-reactive ketones (excluding diaryl/α,β-unsaturated/α-hetero) is 1. The van der Waals surface area contributed by atoms with Crippen molar-refractivity contribution < 1.29 is 24.9 Å². The van der Waals surface area contributed by atoms with Crippen molar-refractivity contribution in [2.45, 2.75) is 32.5 Å². The van der Waals surface area contributed by atoms with Gasteiger partial charge in [-0.25, -0.2) is 0 Å². The van der Waals surface area contributed by atoms with Crippen molar-refractivity contribution in [3.8, 4) is 0 Å². The van der Waals surface area contributed by atoms with Gasteiger partial charge < -0.3 is 20.6 Å². The summed E-state index contributed by atoms with van der Waals surface area (Å²) >= 11 is 0. The van der Waals surface area contributed by atoms with Crippen molar-refractivity contribution in [2.75, 3.05) is 6.54 Å². The molecular weight excluding hydrogens is 250 g/mol. The van der Waals surface area contributed by atoms with Crippen LogP contribution >= 0.6 is 0 Å². The van der Waals surface area contributed by atoms with E-state index in [0.29, 0.717) is 0 Å². The fraction of sp³-hybridized carbons (Fsp3) is 0.538. The van der Waals surface area contributed by atoms with E-state index in [0.717, 1.165) is 0 Å². The number of nitrogens with one attached hydrogen (secondary N) is 1. The summed E-state index contributed by atoms with van der Waals surface area (Å²) in [6, 6.07) is 0. The van der Waals surface area contributed by atoms with Crippen molar-refractivity contribution in [3.63, 3.8) is 0 Å². The van der Waals surface area contributed by atoms with Gasteiger partial charge in [0, 0.05) is 12.3 Å². The van der Waals surface area contributed by atoms with E-state index in [-0.39, 0.29) is 18.5 Å². The molecule has 0 aromatic heterocycles. The van der Waals surface area contributed by atoms with Crippen LogP contribution in [0.5, 0.6) is 0 Å². The summed E-state index contributed by atoms with van der Waals surface area (Å²) in [4.78, 5) is 22.7. The lowest BCUT2D eigenvalue weighted by atomic mass is 9.93. The van der Waals surface area contributed by atoms with E-state index in [4.69, 9.17) is 0 Å². The first kappa shape index (κ1) is 15.4. The van der Waals surface area contributed by atoms with Gasteiger partial charge in [0.2, 0.25) is 0 Å². The van der Waals surface area contributed by atoms with Crippen LogP contribution in [0.4, 0.5) is 0 Å². The zero-order valence-corrected chi connectivity index (χ0v) is 11.0. The van der Waals surface area contributed by atoms with Crippen LogP contribution in [0.1, 0.15) is 20.3 Å². The molecule has 106 valence electrons. The molecule has 1 heterocycles. The number of allylic oxidation sites excluding steroid dienone is 1. The van der Waals surface area contributed by atoms with Crippen LogP contribution in [0.25, 0.3) is 0 Å². The Labute approximate surface area is 111 Å². The average molecular weight is 269 g/mol. The van der Waals surface area contributed by atoms with Crippen LogP contribution in [-0.4, -0.2) is 45.8 Å². The van der Waals surface area contributed by atoms with E-state index < -0.39 is 35.6 Å². The molecule has 1 rings (SSSR count). The maximum absolute atomic E-state index is 11.4. The van der Waals surface area contributed by atoms with Gasteiger partial charge in [-0.1, -0.05) is 19.1 Å². The van der Waals surface area contributed by atoms with Gasteiger partial charge in [0.05, 0.1) is 18.8 Å². The average Bonchev–Trinajstić information content (AvgIpc) is 2.68. The second kappa shape index (κ2) is 6.49. The van der Waals surface area contributed by atoms with Crippen LogP contribution in [0, 0.1) is 5.92 Å². The van der Waals surface area contributed by atoms with Gasteiger partial charge in [-0.3, -0.25) is 9.59 Å². The second-order valence-electron chi connectivity index (χ2n) is 4.57. The minimum absolute atomic E-state index is 0.134. The highest BCUT2D eigenvalue weighted by molar-refractivity contribution is 6.25. The van der Waals surface area contributed by atoms with E-state index in [1.54, 1.807) is 19.9 Å². The lowest BCUT2D eigenvalue weighted by Gasteiger charge is -2.21. The van der Waals surface area contributed by atoms with Crippen LogP contribution in [0.15, 0.2) is 23.5 Å². The first-order valence-corrected chi connectivity index (χ1v) is 6.11. The topological polar surface area (TPSA) is 107 Å². The predicted octanol–water partition coefficient (Wildman–Crippen LogP) is -0.178. The molecule has 1 aliphatic rings. The van der Waals surface area contributed by atoms with E-state index in [2.05, 4.69) is 5.32 Å². The Morgan fingerprint density at radius 1 is 1.42 bits per heavy atom. The Kier molecular flexibility index (Phi) is 5.26. The molecule has 4 N–H and O–H groups in total. The highest BCUT2D eigenvalue weighted by atomic mass is 16.3. The Morgan fingerprint density at radius 3 is 2.53 bits per heavy atom. The number of amides is 1. The summed E-state index contributed by atoms with van der Waals surface area (Å²) in [5.74, 6) is -2.08. The number of carbonyl (C=O) groups is 2. The van der Waals surface area contributed by atoms with Crippen molar-refractivity contribution in [1.29, 1.82) is 0 Å². The molecule has 0 spiro atoms. The highest BCUT2D eigenvalue weighted by Gasteiger charge is 2.31. The number of aliphatic hydroxyl groups excluding tert-OH is 3. The summed E-state index contributed by atoms with van der Waals surface area (Å²) in [6.07, 6.45) is 1.02. The second-order valence-corrected chi connectivity index (χ2v) is 4.57. The standard InChI is InChI=1S/C13H19NO5/c1-3-4-8(15)7(2)9(16)5-10(17)12-11(18)6-14-13(12)19/h3-4,7-9,15-17H,5-6H2,1-2H3,(H,14,19)/b4-3+,12-10?/t7-,8-,9+/m0/s1. The summed E-state index contributed by atoms with van der Waals surface area (Å²) < 4.78 is 0. The van der Waals surface area contributed by atoms with Gasteiger partial charge in [0.15, 0.2) is 5.78 Å². The van der Waals surface area contributed by atoms with Gasteiger partial charge in [0.1, 0.15) is 11.3 Å². The number of rotatable bonds is 5. The molecule has 1 saturated heterocycles. The quantitative estimate of drug-likeness (QED) is 0.240. The normalized spacial score (nSPS) is 23.4. The summed E-state index contributed by atoms with van der Waals surface area (Å²) in [5, 5.41) is 31.6. The zero-order chi connectivity index (χ0) is 14.6. The van der Waals surface area contributed by atoms with E-state index >= 15 is 0 Å². The summed E-state index contributed by atoms with van der Waals surface area (Å²) in [6.45, 7) is 3.22. The predicted molar refractivity (Wildman–Crippen MR) is 68.3 cm³/mol. The first-order valence-electron chi connectivity index (χ1n) is 6.11. The maximum Gasteiger partial charge on any atom is 0.258 e. The van der Waals surface area contributed by atoms with Crippen molar-refractivity contribution >= 4 is 11.7 Å². The lowest BCUT2D eigenvalue weighted by Crippen LogP contribution is -2.29. The van der Waals surface area contributed by atoms with Crippen molar-refractivity contribution in [1.82, 2.24) is 5.32 Å². The molecule has 0 radical (unpaired) electrons. The summed E-state index contributed by atoms with van der Waals surface area (Å²) in [5.41, 5.74) is -0.299. The molecule has 0 saturated carbocycles. The smallest absolute Gasteiger partial charge is 0.258 e. The van der Waals surface area contributed by atoms with Crippen LogP contribution in [0.3, 0.4) is 0 Å². The Hall–Kier alpha value is -1.66. The van der Waals surface area contributed by atoms with Crippen LogP contribution in [-0.2, 0) is 9.59 Å². The fourth-order valence-electron chi connectivity index (χ4n) is 1.84. The molecule has 1 fully saturated rings. The Morgan fingerprint density at radius 2 is 2.05 bits per heavy atom. The monoisotopic (exact) mass is 269 g/mol. The number of hydrogen-bond acceptors (Lipinski definition) is 5. The molecule has 1 amide bonds. The largest absolute Gasteiger partial charge is 0.511 e. The molecule has 6 heteroatoms. The van der Waals surface area contributed by atoms with E-state index in [9.17, 15) is 24.9 Å². The summed E-state index contributed by atoms with van der Waals surface area (Å²) in [7, 11) is 0. The molecule has 0 unspecified atom stereocenters. The molecule has 0 aromatic rings. The molecule has 0 aliphatic carbocycles. The number of carbonyl (C=O) groups excluding carboxylic acids is 2. The van der Waals surface area contributed by atoms with Gasteiger partial charge in [-0.05, 0) is 6.92 Å². The molecule has 0 bridgehead atoms. The number of ketones is 1. The minimum Gasteiger partial charge on any atom is -0.511 e. The van der Waals surface area contributed by atoms with E-state index in [1.165, 1.54) is 6.08 Å². The first-order chi connectivity index (χ1) is 8.88. The van der Waals surface area contributed by atoms with Gasteiger partial charge in [0.25, 0.3) is 5.91 Å². The number of aliphatic hydroxyl groups is 3. The highest BCUT2D eigenvalue weighted by Crippen LogP contribution is 2.19. The van der Waals surface area contributed by atoms with Gasteiger partial charge in [-0.15, -0.1) is 0 Å². The zero-order valence-electron chi connectivity index (χ0n) is 11.0. The SMILES string of the molecule is C/C=C/[C@H](O)[C@H](C)[C@H](O)CC(O)=C1C(=O)CNC1=O. The molecule has 0 aromatic carbocycles. The number of hydrogen-bond donors (Lipinski definition) is 4. The third-order valence-electron chi connectivity index (χ3n) is 3.14. The third kappa shape index (κ3) is 3.65. The van der Waals surface area contributed by atoms with Crippen molar-refractivity contribution in [2.24, 2.45) is 5.92 Å². The lowest BCUT2D eigenvalue weighted by molar-refractivity contribution is -0.117. The van der Waals surface area contributed by atoms with Crippen LogP contribution in [0.2, 0.25) is 0 Å². The molecule has 19 heavy (non-hydrogen) atoms. The molecule has 6 nitrogen and oxygen atoms in total.